The maximum atomic E-state index is 13.1. The van der Waals surface area contributed by atoms with Gasteiger partial charge in [-0.25, -0.2) is 17.2 Å². The smallest absolute Gasteiger partial charge is 0.284 e. The van der Waals surface area contributed by atoms with Crippen molar-refractivity contribution in [1.82, 2.24) is 19.6 Å². The summed E-state index contributed by atoms with van der Waals surface area (Å²) in [5.41, 5.74) is -0.414. The summed E-state index contributed by atoms with van der Waals surface area (Å²) < 4.78 is 61.7. The highest BCUT2D eigenvalue weighted by atomic mass is 32.2. The zero-order valence-corrected chi connectivity index (χ0v) is 14.6. The first kappa shape index (κ1) is 17.8. The Hall–Kier alpha value is -2.01. The molecule has 0 amide bonds. The van der Waals surface area contributed by atoms with E-state index in [1.807, 2.05) is 0 Å². The summed E-state index contributed by atoms with van der Waals surface area (Å²) in [6.45, 7) is 1.07. The van der Waals surface area contributed by atoms with E-state index in [9.17, 15) is 17.2 Å². The van der Waals surface area contributed by atoms with Crippen molar-refractivity contribution in [2.45, 2.75) is 30.1 Å². The molecule has 11 heteroatoms. The number of ether oxygens (including phenoxy) is 1. The van der Waals surface area contributed by atoms with Gasteiger partial charge >= 0.3 is 0 Å². The van der Waals surface area contributed by atoms with Crippen molar-refractivity contribution in [3.05, 3.63) is 23.8 Å². The molecule has 138 valence electrons. The van der Waals surface area contributed by atoms with Crippen molar-refractivity contribution >= 4 is 15.7 Å². The number of nitrogens with zero attached hydrogens (tertiary/aromatic N) is 4. The minimum Gasteiger partial charge on any atom is -0.381 e. The predicted molar refractivity (Wildman–Crippen MR) is 85.0 cm³/mol. The fourth-order valence-electron chi connectivity index (χ4n) is 2.89. The largest absolute Gasteiger partial charge is 0.381 e. The van der Waals surface area contributed by atoms with Gasteiger partial charge in [0.25, 0.3) is 16.4 Å². The van der Waals surface area contributed by atoms with Crippen molar-refractivity contribution in [3.63, 3.8) is 0 Å². The molecular weight excluding hydrogens is 356 g/mol. The van der Waals surface area contributed by atoms with Crippen LogP contribution in [0.5, 0.6) is 0 Å². The summed E-state index contributed by atoms with van der Waals surface area (Å²) in [7, 11) is -1.01. The van der Waals surface area contributed by atoms with Crippen molar-refractivity contribution < 1.29 is 21.9 Å². The Balaban J connectivity index is 1.95. The number of nitrogens with one attached hydrogen (secondary N) is 1. The van der Waals surface area contributed by atoms with Crippen molar-refractivity contribution in [2.24, 2.45) is 14.1 Å². The molecule has 8 nitrogen and oxygen atoms in total. The summed E-state index contributed by atoms with van der Waals surface area (Å²) in [6, 6.07) is 0. The maximum absolute atomic E-state index is 13.1. The van der Waals surface area contributed by atoms with Crippen LogP contribution in [-0.2, 0) is 28.9 Å². The molecule has 1 aliphatic rings. The summed E-state index contributed by atoms with van der Waals surface area (Å²) in [4.78, 5) is -0.00836. The Morgan fingerprint density at radius 3 is 2.48 bits per heavy atom. The lowest BCUT2D eigenvalue weighted by Gasteiger charge is -2.21. The Kier molecular flexibility index (Phi) is 4.78. The van der Waals surface area contributed by atoms with Crippen LogP contribution in [0.4, 0.5) is 14.5 Å². The molecule has 0 unspecified atom stereocenters. The van der Waals surface area contributed by atoms with E-state index in [1.165, 1.54) is 24.1 Å². The number of rotatable bonds is 5. The van der Waals surface area contributed by atoms with E-state index in [-0.39, 0.29) is 16.5 Å². The van der Waals surface area contributed by atoms with Crippen molar-refractivity contribution in [1.29, 1.82) is 0 Å². The van der Waals surface area contributed by atoms with Gasteiger partial charge in [0.05, 0.1) is 11.4 Å². The van der Waals surface area contributed by atoms with Crippen LogP contribution in [0.15, 0.2) is 17.3 Å². The summed E-state index contributed by atoms with van der Waals surface area (Å²) >= 11 is 0. The molecule has 1 saturated heterocycles. The summed E-state index contributed by atoms with van der Waals surface area (Å²) in [6.07, 6.45) is 1.03. The molecule has 3 heterocycles. The zero-order chi connectivity index (χ0) is 18.2. The van der Waals surface area contributed by atoms with Crippen LogP contribution < -0.4 is 4.72 Å². The van der Waals surface area contributed by atoms with Crippen LogP contribution in [0.3, 0.4) is 0 Å². The highest BCUT2D eigenvalue weighted by molar-refractivity contribution is 7.92. The molecule has 0 spiro atoms. The molecule has 0 atom stereocenters. The van der Waals surface area contributed by atoms with Gasteiger partial charge in [-0.1, -0.05) is 0 Å². The third-order valence-corrected chi connectivity index (χ3v) is 5.41. The Morgan fingerprint density at radius 2 is 1.84 bits per heavy atom. The lowest BCUT2D eigenvalue weighted by molar-refractivity contribution is 0.0838. The standard InChI is InChI=1S/C14H19F2N5O3S/c1-20-7-10(13(18-20)14(15)16)19-25(22,23)11-8-21(2)17-12(11)9-3-5-24-6-4-9/h7-9,14,19H,3-6H2,1-2H3. The third-order valence-electron chi connectivity index (χ3n) is 4.03. The molecule has 0 bridgehead atoms. The van der Waals surface area contributed by atoms with Gasteiger partial charge in [0.15, 0.2) is 5.69 Å². The second-order valence-electron chi connectivity index (χ2n) is 5.95. The number of halogens is 2. The minimum absolute atomic E-state index is 0.00836. The fraction of sp³-hybridized carbons (Fsp3) is 0.571. The Labute approximate surface area is 143 Å². The molecule has 2 aromatic heterocycles. The maximum Gasteiger partial charge on any atom is 0.284 e. The Bertz CT molecular complexity index is 856. The molecular formula is C14H19F2N5O3S. The van der Waals surface area contributed by atoms with E-state index in [0.29, 0.717) is 31.7 Å². The number of alkyl halides is 2. The van der Waals surface area contributed by atoms with E-state index in [2.05, 4.69) is 14.9 Å². The molecule has 0 aliphatic carbocycles. The van der Waals surface area contributed by atoms with Crippen LogP contribution in [0.1, 0.15) is 36.6 Å². The number of hydrogen-bond donors (Lipinski definition) is 1. The van der Waals surface area contributed by atoms with Gasteiger partial charge in [0, 0.05) is 45.6 Å². The molecule has 1 fully saturated rings. The molecule has 0 radical (unpaired) electrons. The topological polar surface area (TPSA) is 91.0 Å². The number of anilines is 1. The number of aromatic nitrogens is 4. The predicted octanol–water partition coefficient (Wildman–Crippen LogP) is 1.79. The number of sulfonamides is 1. The van der Waals surface area contributed by atoms with Gasteiger partial charge in [-0.3, -0.25) is 14.1 Å². The van der Waals surface area contributed by atoms with Crippen LogP contribution in [-0.4, -0.2) is 41.2 Å². The van der Waals surface area contributed by atoms with Gasteiger partial charge in [-0.15, -0.1) is 0 Å². The van der Waals surface area contributed by atoms with E-state index in [1.54, 1.807) is 7.05 Å². The number of hydrogen-bond acceptors (Lipinski definition) is 5. The van der Waals surface area contributed by atoms with Gasteiger partial charge in [-0.2, -0.15) is 10.2 Å². The SMILES string of the molecule is Cn1cc(NS(=O)(=O)c2cn(C)nc2C2CCOCC2)c(C(F)F)n1. The van der Waals surface area contributed by atoms with E-state index < -0.39 is 22.1 Å². The highest BCUT2D eigenvalue weighted by Crippen LogP contribution is 2.32. The molecule has 0 saturated carbocycles. The monoisotopic (exact) mass is 375 g/mol. The van der Waals surface area contributed by atoms with Gasteiger partial charge in [-0.05, 0) is 12.8 Å². The van der Waals surface area contributed by atoms with Crippen LogP contribution in [0.25, 0.3) is 0 Å². The second-order valence-corrected chi connectivity index (χ2v) is 7.60. The lowest BCUT2D eigenvalue weighted by Crippen LogP contribution is -2.19. The first-order valence-corrected chi connectivity index (χ1v) is 9.22. The zero-order valence-electron chi connectivity index (χ0n) is 13.8. The van der Waals surface area contributed by atoms with Gasteiger partial charge in [0.2, 0.25) is 0 Å². The first-order valence-electron chi connectivity index (χ1n) is 7.73. The fourth-order valence-corrected chi connectivity index (χ4v) is 4.22. The average molecular weight is 375 g/mol. The van der Waals surface area contributed by atoms with Gasteiger partial charge in [0.1, 0.15) is 4.90 Å². The van der Waals surface area contributed by atoms with Crippen LogP contribution in [0.2, 0.25) is 0 Å². The van der Waals surface area contributed by atoms with Crippen LogP contribution in [0, 0.1) is 0 Å². The quantitative estimate of drug-likeness (QED) is 0.860. The molecule has 0 aromatic carbocycles. The van der Waals surface area contributed by atoms with E-state index in [4.69, 9.17) is 4.74 Å². The molecule has 1 N–H and O–H groups in total. The first-order chi connectivity index (χ1) is 11.8. The third kappa shape index (κ3) is 3.66. The highest BCUT2D eigenvalue weighted by Gasteiger charge is 2.30. The molecule has 25 heavy (non-hydrogen) atoms. The normalized spacial score (nSPS) is 16.5. The minimum atomic E-state index is -4.08. The summed E-state index contributed by atoms with van der Waals surface area (Å²) in [5, 5.41) is 7.89. The van der Waals surface area contributed by atoms with Gasteiger partial charge < -0.3 is 4.74 Å². The lowest BCUT2D eigenvalue weighted by atomic mass is 9.97. The average Bonchev–Trinajstić information content (AvgIpc) is 3.11. The van der Waals surface area contributed by atoms with E-state index in [0.717, 1.165) is 4.68 Å². The Morgan fingerprint density at radius 1 is 1.20 bits per heavy atom. The molecule has 3 rings (SSSR count). The van der Waals surface area contributed by atoms with Crippen molar-refractivity contribution in [2.75, 3.05) is 17.9 Å². The van der Waals surface area contributed by atoms with Crippen molar-refractivity contribution in [3.8, 4) is 0 Å². The summed E-state index contributed by atoms with van der Waals surface area (Å²) in [5.74, 6) is -0.0509. The second kappa shape index (κ2) is 6.71. The molecule has 2 aromatic rings. The van der Waals surface area contributed by atoms with E-state index >= 15 is 0 Å². The molecule has 1 aliphatic heterocycles. The van der Waals surface area contributed by atoms with Crippen LogP contribution >= 0.6 is 0 Å². The number of aryl methyl sites for hydroxylation is 2.